The molecule has 1 aromatic heterocycles. The maximum atomic E-state index is 12.6. The topological polar surface area (TPSA) is 72.2 Å². The number of rotatable bonds is 13. The van der Waals surface area contributed by atoms with Gasteiger partial charge in [-0.25, -0.2) is 4.98 Å². The molecule has 1 heterocycles. The molecule has 5 nitrogen and oxygen atoms in total. The fourth-order valence-corrected chi connectivity index (χ4v) is 5.59. The summed E-state index contributed by atoms with van der Waals surface area (Å²) < 4.78 is 11.6. The van der Waals surface area contributed by atoms with E-state index >= 15 is 0 Å². The van der Waals surface area contributed by atoms with Gasteiger partial charge in [0.2, 0.25) is 0 Å². The van der Waals surface area contributed by atoms with Gasteiger partial charge in [-0.05, 0) is 67.2 Å². The molecule has 2 aromatic rings. The molecule has 1 aromatic carbocycles. The Bertz CT molecular complexity index is 979. The molecule has 3 rings (SSSR count). The first-order chi connectivity index (χ1) is 16.6. The van der Waals surface area contributed by atoms with Crippen LogP contribution < -0.4 is 0 Å². The van der Waals surface area contributed by atoms with Gasteiger partial charge in [0.25, 0.3) is 0 Å². The number of carbonyl (C=O) groups is 1. The van der Waals surface area contributed by atoms with Crippen molar-refractivity contribution in [2.24, 2.45) is 0 Å². The number of nitriles is 1. The van der Waals surface area contributed by atoms with Crippen molar-refractivity contribution >= 4 is 41.1 Å². The van der Waals surface area contributed by atoms with E-state index in [0.717, 1.165) is 61.1 Å². The van der Waals surface area contributed by atoms with Gasteiger partial charge >= 0.3 is 5.97 Å². The summed E-state index contributed by atoms with van der Waals surface area (Å²) in [6.45, 7) is 2.93. The molecule has 0 fully saturated rings. The Balaban J connectivity index is 1.53. The summed E-state index contributed by atoms with van der Waals surface area (Å²) in [6, 6.07) is 11.7. The number of carbonyl (C=O) groups excluding carboxylic acids is 1. The number of hydrogen-bond donors (Lipinski definition) is 0. The van der Waals surface area contributed by atoms with Gasteiger partial charge in [-0.1, -0.05) is 48.8 Å². The number of halogens is 1. The highest BCUT2D eigenvalue weighted by Crippen LogP contribution is 2.27. The molecule has 182 valence electrons. The summed E-state index contributed by atoms with van der Waals surface area (Å²) in [5, 5.41) is 10.8. The van der Waals surface area contributed by atoms with Crippen molar-refractivity contribution in [2.45, 2.75) is 63.2 Å². The number of aryl methyl sites for hydroxylation is 2. The van der Waals surface area contributed by atoms with Crippen LogP contribution in [0.5, 0.6) is 0 Å². The SMILES string of the molecule is CCCCSCC(COCc1ccc(Cl)cc1)OC(=O)CSc1nc2c(cc1C#N)CCCC2. The molecule has 1 atom stereocenters. The Morgan fingerprint density at radius 3 is 2.82 bits per heavy atom. The van der Waals surface area contributed by atoms with Crippen molar-refractivity contribution in [3.63, 3.8) is 0 Å². The minimum Gasteiger partial charge on any atom is -0.458 e. The number of thioether (sulfide) groups is 2. The summed E-state index contributed by atoms with van der Waals surface area (Å²) >= 11 is 8.99. The zero-order chi connectivity index (χ0) is 24.2. The van der Waals surface area contributed by atoms with E-state index in [1.165, 1.54) is 11.8 Å². The van der Waals surface area contributed by atoms with E-state index in [4.69, 9.17) is 21.1 Å². The van der Waals surface area contributed by atoms with Gasteiger partial charge in [0, 0.05) is 16.5 Å². The third kappa shape index (κ3) is 8.81. The van der Waals surface area contributed by atoms with Crippen molar-refractivity contribution in [2.75, 3.05) is 23.9 Å². The highest BCUT2D eigenvalue weighted by Gasteiger charge is 2.19. The number of fused-ring (bicyclic) bond motifs is 1. The molecule has 8 heteroatoms. The molecule has 1 aliphatic rings. The number of ether oxygens (including phenoxy) is 2. The van der Waals surface area contributed by atoms with Crippen molar-refractivity contribution in [3.05, 3.63) is 57.7 Å². The van der Waals surface area contributed by atoms with Crippen LogP contribution in [0.3, 0.4) is 0 Å². The summed E-state index contributed by atoms with van der Waals surface area (Å²) in [7, 11) is 0. The molecule has 0 saturated heterocycles. The first-order valence-corrected chi connectivity index (χ1v) is 14.3. The zero-order valence-corrected chi connectivity index (χ0v) is 21.9. The number of pyridine rings is 1. The fraction of sp³-hybridized carbons (Fsp3) is 0.500. The molecule has 0 aliphatic heterocycles. The van der Waals surface area contributed by atoms with Crippen LogP contribution in [0.25, 0.3) is 0 Å². The number of aromatic nitrogens is 1. The average molecular weight is 519 g/mol. The molecule has 1 aliphatic carbocycles. The van der Waals surface area contributed by atoms with Crippen LogP contribution in [-0.2, 0) is 33.7 Å². The highest BCUT2D eigenvalue weighted by molar-refractivity contribution is 8.00. The molecule has 0 N–H and O–H groups in total. The largest absolute Gasteiger partial charge is 0.458 e. The van der Waals surface area contributed by atoms with Crippen LogP contribution in [0.4, 0.5) is 0 Å². The second kappa shape index (κ2) is 14.6. The average Bonchev–Trinajstić information content (AvgIpc) is 2.85. The lowest BCUT2D eigenvalue weighted by molar-refractivity contribution is -0.147. The summed E-state index contributed by atoms with van der Waals surface area (Å²) in [4.78, 5) is 17.3. The number of hydrogen-bond acceptors (Lipinski definition) is 7. The Labute approximate surface area is 216 Å². The Morgan fingerprint density at radius 2 is 2.06 bits per heavy atom. The van der Waals surface area contributed by atoms with E-state index in [-0.39, 0.29) is 17.8 Å². The monoisotopic (exact) mass is 518 g/mol. The summed E-state index contributed by atoms with van der Waals surface area (Å²) in [5.74, 6) is 1.52. The number of esters is 1. The van der Waals surface area contributed by atoms with E-state index in [0.29, 0.717) is 34.6 Å². The van der Waals surface area contributed by atoms with Gasteiger partial charge < -0.3 is 9.47 Å². The van der Waals surface area contributed by atoms with Crippen LogP contribution in [0.1, 0.15) is 55.0 Å². The third-order valence-electron chi connectivity index (χ3n) is 5.44. The maximum absolute atomic E-state index is 12.6. The van der Waals surface area contributed by atoms with Gasteiger partial charge in [-0.15, -0.1) is 0 Å². The van der Waals surface area contributed by atoms with E-state index in [2.05, 4.69) is 18.0 Å². The predicted octanol–water partition coefficient (Wildman–Crippen LogP) is 6.24. The van der Waals surface area contributed by atoms with Crippen LogP contribution in [0.2, 0.25) is 5.02 Å². The van der Waals surface area contributed by atoms with Gasteiger partial charge in [0.15, 0.2) is 0 Å². The maximum Gasteiger partial charge on any atom is 0.316 e. The van der Waals surface area contributed by atoms with Gasteiger partial charge in [0.05, 0.1) is 24.5 Å². The lowest BCUT2D eigenvalue weighted by atomic mass is 9.95. The quantitative estimate of drug-likeness (QED) is 0.176. The highest BCUT2D eigenvalue weighted by atomic mass is 35.5. The van der Waals surface area contributed by atoms with Crippen LogP contribution in [0.15, 0.2) is 35.4 Å². The standard InChI is InChI=1S/C26H31ClN2O3S2/c1-2-3-12-33-17-23(16-31-15-19-8-10-22(27)11-9-19)32-25(30)18-34-26-21(14-28)13-20-6-4-5-7-24(20)29-26/h8-11,13,23H,2-7,12,15-18H2,1H3. The normalized spacial score (nSPS) is 13.7. The van der Waals surface area contributed by atoms with Gasteiger partial charge in [0.1, 0.15) is 17.2 Å². The van der Waals surface area contributed by atoms with Crippen molar-refractivity contribution in [1.29, 1.82) is 5.26 Å². The molecule has 0 bridgehead atoms. The van der Waals surface area contributed by atoms with Crippen LogP contribution in [0, 0.1) is 11.3 Å². The summed E-state index contributed by atoms with van der Waals surface area (Å²) in [6.07, 6.45) is 6.10. The first kappa shape index (κ1) is 26.9. The Hall–Kier alpha value is -1.72. The fourth-order valence-electron chi connectivity index (χ4n) is 3.62. The zero-order valence-electron chi connectivity index (χ0n) is 19.6. The minimum atomic E-state index is -0.325. The number of unbranched alkanes of at least 4 members (excludes halogenated alkanes) is 1. The molecule has 0 radical (unpaired) electrons. The molecule has 0 amide bonds. The second-order valence-corrected chi connectivity index (χ2v) is 10.8. The van der Waals surface area contributed by atoms with Crippen molar-refractivity contribution < 1.29 is 14.3 Å². The summed E-state index contributed by atoms with van der Waals surface area (Å²) in [5.41, 5.74) is 3.78. The van der Waals surface area contributed by atoms with Crippen LogP contribution in [-0.4, -0.2) is 40.9 Å². The van der Waals surface area contributed by atoms with E-state index < -0.39 is 0 Å². The van der Waals surface area contributed by atoms with Crippen LogP contribution >= 0.6 is 35.1 Å². The van der Waals surface area contributed by atoms with E-state index in [1.54, 1.807) is 11.8 Å². The van der Waals surface area contributed by atoms with Gasteiger partial charge in [-0.2, -0.15) is 17.0 Å². The molecular formula is C26H31ClN2O3S2. The minimum absolute atomic E-state index is 0.119. The molecule has 1 unspecified atom stereocenters. The van der Waals surface area contributed by atoms with Crippen molar-refractivity contribution in [3.8, 4) is 6.07 Å². The van der Waals surface area contributed by atoms with E-state index in [1.807, 2.05) is 30.3 Å². The molecule has 34 heavy (non-hydrogen) atoms. The molecule has 0 spiro atoms. The lowest BCUT2D eigenvalue weighted by Gasteiger charge is -2.19. The second-order valence-electron chi connectivity index (χ2n) is 8.24. The lowest BCUT2D eigenvalue weighted by Crippen LogP contribution is -2.27. The Kier molecular flexibility index (Phi) is 11.6. The van der Waals surface area contributed by atoms with Gasteiger partial charge in [-0.3, -0.25) is 4.79 Å². The van der Waals surface area contributed by atoms with Crippen molar-refractivity contribution in [1.82, 2.24) is 4.98 Å². The first-order valence-electron chi connectivity index (χ1n) is 11.7. The third-order valence-corrected chi connectivity index (χ3v) is 7.84. The Morgan fingerprint density at radius 1 is 1.26 bits per heavy atom. The predicted molar refractivity (Wildman–Crippen MR) is 140 cm³/mol. The number of nitrogens with zero attached hydrogens (tertiary/aromatic N) is 2. The van der Waals surface area contributed by atoms with E-state index in [9.17, 15) is 10.1 Å². The molecule has 0 saturated carbocycles. The smallest absolute Gasteiger partial charge is 0.316 e. The number of benzene rings is 1. The molecular weight excluding hydrogens is 488 g/mol.